The van der Waals surface area contributed by atoms with Crippen LogP contribution in [0.1, 0.15) is 0 Å². The van der Waals surface area contributed by atoms with E-state index in [2.05, 4.69) is 15.6 Å². The van der Waals surface area contributed by atoms with Gasteiger partial charge in [0.05, 0.1) is 5.69 Å². The third kappa shape index (κ3) is 3.55. The van der Waals surface area contributed by atoms with Crippen LogP contribution >= 0.6 is 11.3 Å². The quantitative estimate of drug-likeness (QED) is 0.670. The van der Waals surface area contributed by atoms with E-state index in [9.17, 15) is 13.6 Å². The number of rotatable bonds is 4. The Morgan fingerprint density at radius 1 is 1.14 bits per heavy atom. The Balaban J connectivity index is 1.17. The van der Waals surface area contributed by atoms with Crippen LogP contribution in [0.2, 0.25) is 0 Å². The highest BCUT2D eigenvalue weighted by Gasteiger charge is 2.56. The minimum atomic E-state index is -0.578. The Hall–Kier alpha value is -3.00. The van der Waals surface area contributed by atoms with Crippen molar-refractivity contribution in [2.24, 2.45) is 11.8 Å². The maximum absolute atomic E-state index is 14.0. The summed E-state index contributed by atoms with van der Waals surface area (Å²) >= 11 is 1.54. The third-order valence-electron chi connectivity index (χ3n) is 5.54. The second kappa shape index (κ2) is 7.11. The standard InChI is InChI=1S/C21H18F2N4OS/c22-13-4-5-18(17(23)9-13)27-10-15-16(11-27)19(15)26-21(28)25-14-3-1-2-12(8-14)20-24-6-7-29-20/h1-9,15-16,19H,10-11H2,(H2,25,26,28). The van der Waals surface area contributed by atoms with E-state index in [1.54, 1.807) is 17.5 Å². The number of urea groups is 1. The fraction of sp³-hybridized carbons (Fsp3) is 0.238. The lowest BCUT2D eigenvalue weighted by atomic mass is 10.2. The van der Waals surface area contributed by atoms with Gasteiger partial charge in [-0.25, -0.2) is 18.6 Å². The molecule has 2 N–H and O–H groups in total. The first-order valence-electron chi connectivity index (χ1n) is 9.36. The van der Waals surface area contributed by atoms with Gasteiger partial charge < -0.3 is 15.5 Å². The summed E-state index contributed by atoms with van der Waals surface area (Å²) < 4.78 is 27.1. The number of carbonyl (C=O) groups excluding carboxylic acids is 1. The molecule has 29 heavy (non-hydrogen) atoms. The summed E-state index contributed by atoms with van der Waals surface area (Å²) in [4.78, 5) is 18.6. The number of amides is 2. The van der Waals surface area contributed by atoms with Gasteiger partial charge in [-0.2, -0.15) is 0 Å². The van der Waals surface area contributed by atoms with Gasteiger partial charge in [0.15, 0.2) is 0 Å². The average molecular weight is 412 g/mol. The van der Waals surface area contributed by atoms with E-state index in [1.165, 1.54) is 12.1 Å². The number of thiazole rings is 1. The van der Waals surface area contributed by atoms with Crippen molar-refractivity contribution in [1.29, 1.82) is 0 Å². The molecule has 1 aliphatic heterocycles. The molecule has 1 saturated heterocycles. The van der Waals surface area contributed by atoms with Gasteiger partial charge in [-0.3, -0.25) is 0 Å². The van der Waals surface area contributed by atoms with Crippen molar-refractivity contribution in [2.75, 3.05) is 23.3 Å². The highest BCUT2D eigenvalue weighted by molar-refractivity contribution is 7.13. The average Bonchev–Trinajstić information content (AvgIpc) is 3.13. The molecule has 1 aliphatic carbocycles. The van der Waals surface area contributed by atoms with Gasteiger partial charge in [0.2, 0.25) is 0 Å². The molecule has 5 rings (SSSR count). The maximum atomic E-state index is 14.0. The normalized spacial score (nSPS) is 22.3. The molecule has 2 aromatic carbocycles. The summed E-state index contributed by atoms with van der Waals surface area (Å²) in [7, 11) is 0. The summed E-state index contributed by atoms with van der Waals surface area (Å²) in [5, 5.41) is 8.70. The van der Waals surface area contributed by atoms with Crippen LogP contribution in [-0.4, -0.2) is 30.1 Å². The van der Waals surface area contributed by atoms with Crippen LogP contribution in [0.15, 0.2) is 54.0 Å². The second-order valence-electron chi connectivity index (χ2n) is 7.37. The predicted molar refractivity (Wildman–Crippen MR) is 109 cm³/mol. The Bertz CT molecular complexity index is 1050. The van der Waals surface area contributed by atoms with Crippen LogP contribution in [-0.2, 0) is 0 Å². The van der Waals surface area contributed by atoms with Gasteiger partial charge in [-0.1, -0.05) is 12.1 Å². The number of aromatic nitrogens is 1. The topological polar surface area (TPSA) is 57.3 Å². The number of nitrogens with one attached hydrogen (secondary N) is 2. The first kappa shape index (κ1) is 18.1. The summed E-state index contributed by atoms with van der Waals surface area (Å²) in [6.45, 7) is 1.30. The fourth-order valence-corrected chi connectivity index (χ4v) is 4.72. The monoisotopic (exact) mass is 412 g/mol. The van der Waals surface area contributed by atoms with Crippen molar-refractivity contribution in [3.8, 4) is 10.6 Å². The van der Waals surface area contributed by atoms with Gasteiger partial charge in [0.25, 0.3) is 0 Å². The first-order chi connectivity index (χ1) is 14.1. The van der Waals surface area contributed by atoms with E-state index in [4.69, 9.17) is 0 Å². The van der Waals surface area contributed by atoms with E-state index in [0.29, 0.717) is 24.5 Å². The van der Waals surface area contributed by atoms with Crippen LogP contribution in [0.4, 0.5) is 25.0 Å². The molecular formula is C21H18F2N4OS. The molecule has 2 amide bonds. The number of piperidine rings is 1. The van der Waals surface area contributed by atoms with Crippen LogP contribution in [0.5, 0.6) is 0 Å². The van der Waals surface area contributed by atoms with Crippen molar-refractivity contribution in [3.63, 3.8) is 0 Å². The molecule has 0 bridgehead atoms. The van der Waals surface area contributed by atoms with Crippen molar-refractivity contribution in [2.45, 2.75) is 6.04 Å². The molecule has 1 aromatic heterocycles. The molecule has 0 spiro atoms. The second-order valence-corrected chi connectivity index (χ2v) is 8.27. The van der Waals surface area contributed by atoms with Crippen LogP contribution < -0.4 is 15.5 Å². The number of hydrogen-bond acceptors (Lipinski definition) is 4. The van der Waals surface area contributed by atoms with Crippen molar-refractivity contribution in [3.05, 3.63) is 65.7 Å². The fourth-order valence-electron chi connectivity index (χ4n) is 4.09. The number of carbonyl (C=O) groups is 1. The minimum Gasteiger partial charge on any atom is -0.368 e. The zero-order valence-corrected chi connectivity index (χ0v) is 16.1. The van der Waals surface area contributed by atoms with E-state index in [1.807, 2.05) is 34.5 Å². The maximum Gasteiger partial charge on any atom is 0.319 e. The Morgan fingerprint density at radius 2 is 1.97 bits per heavy atom. The smallest absolute Gasteiger partial charge is 0.319 e. The number of nitrogens with zero attached hydrogens (tertiary/aromatic N) is 2. The van der Waals surface area contributed by atoms with E-state index >= 15 is 0 Å². The summed E-state index contributed by atoms with van der Waals surface area (Å²) in [5.41, 5.74) is 2.08. The highest BCUT2D eigenvalue weighted by atomic mass is 32.1. The van der Waals surface area contributed by atoms with Crippen LogP contribution in [0.25, 0.3) is 10.6 Å². The number of hydrogen-bond donors (Lipinski definition) is 2. The molecule has 2 atom stereocenters. The summed E-state index contributed by atoms with van der Waals surface area (Å²) in [6.07, 6.45) is 1.75. The summed E-state index contributed by atoms with van der Waals surface area (Å²) in [5.74, 6) is -0.557. The molecule has 2 aliphatic rings. The van der Waals surface area contributed by atoms with Crippen molar-refractivity contribution < 1.29 is 13.6 Å². The minimum absolute atomic E-state index is 0.0805. The lowest BCUT2D eigenvalue weighted by Gasteiger charge is -2.23. The largest absolute Gasteiger partial charge is 0.368 e. The van der Waals surface area contributed by atoms with Crippen LogP contribution in [0, 0.1) is 23.5 Å². The van der Waals surface area contributed by atoms with Gasteiger partial charge in [0.1, 0.15) is 16.6 Å². The number of halogens is 2. The lowest BCUT2D eigenvalue weighted by molar-refractivity contribution is 0.250. The third-order valence-corrected chi connectivity index (χ3v) is 6.36. The van der Waals surface area contributed by atoms with Crippen molar-refractivity contribution in [1.82, 2.24) is 10.3 Å². The number of fused-ring (bicyclic) bond motifs is 1. The van der Waals surface area contributed by atoms with Crippen LogP contribution in [0.3, 0.4) is 0 Å². The molecule has 3 aromatic rings. The predicted octanol–water partition coefficient (Wildman–Crippen LogP) is 4.34. The molecule has 2 unspecified atom stereocenters. The number of anilines is 2. The van der Waals surface area contributed by atoms with Gasteiger partial charge in [0, 0.05) is 59.9 Å². The molecule has 5 nitrogen and oxygen atoms in total. The van der Waals surface area contributed by atoms with Gasteiger partial charge in [-0.05, 0) is 24.3 Å². The molecule has 2 heterocycles. The van der Waals surface area contributed by atoms with Gasteiger partial charge in [-0.15, -0.1) is 11.3 Å². The highest BCUT2D eigenvalue weighted by Crippen LogP contribution is 2.47. The Labute approximate surface area is 170 Å². The van der Waals surface area contributed by atoms with E-state index in [-0.39, 0.29) is 23.9 Å². The molecule has 1 saturated carbocycles. The van der Waals surface area contributed by atoms with E-state index < -0.39 is 11.6 Å². The zero-order valence-electron chi connectivity index (χ0n) is 15.3. The molecule has 0 radical (unpaired) electrons. The van der Waals surface area contributed by atoms with Crippen molar-refractivity contribution >= 4 is 28.7 Å². The van der Waals surface area contributed by atoms with E-state index in [0.717, 1.165) is 16.6 Å². The first-order valence-corrected chi connectivity index (χ1v) is 10.2. The molecule has 148 valence electrons. The SMILES string of the molecule is O=C(Nc1cccc(-c2nccs2)c1)NC1C2CN(c3ccc(F)cc3F)CC21. The zero-order chi connectivity index (χ0) is 20.0. The Kier molecular flexibility index (Phi) is 4.43. The molecular weight excluding hydrogens is 394 g/mol. The Morgan fingerprint density at radius 3 is 2.69 bits per heavy atom. The summed E-state index contributed by atoms with van der Waals surface area (Å²) in [6, 6.07) is 11.0. The lowest BCUT2D eigenvalue weighted by Crippen LogP contribution is -2.37. The molecule has 8 heteroatoms. The number of benzene rings is 2. The molecule has 2 fully saturated rings. The van der Waals surface area contributed by atoms with Gasteiger partial charge >= 0.3 is 6.03 Å².